The topological polar surface area (TPSA) is 132 Å². The summed E-state index contributed by atoms with van der Waals surface area (Å²) in [5.41, 5.74) is 9.81. The van der Waals surface area contributed by atoms with Crippen molar-refractivity contribution in [3.63, 3.8) is 0 Å². The molecule has 0 aliphatic heterocycles. The Labute approximate surface area is 141 Å². The van der Waals surface area contributed by atoms with E-state index in [0.717, 1.165) is 0 Å². The standard InChI is InChI=1S/2C2HF3O2.C2H8N2.2ClH.Pt/c2*3-2(4,5)1(6)7;3-1-2-4;;;/h2*(H,6,7);1-4H2;2*1H;/q;;;;;+4/p-4. The third-order valence-corrected chi connectivity index (χ3v) is 0.630. The number of carboxylic acid groups (broad SMARTS) is 2. The molecule has 0 aromatic carbocycles. The van der Waals surface area contributed by atoms with Crippen molar-refractivity contribution in [1.82, 2.24) is 0 Å². The molecular formula is C6H8Cl2F6N2O4Pt. The zero-order chi connectivity index (χ0) is 15.6. The molecule has 21 heavy (non-hydrogen) atoms. The summed E-state index contributed by atoms with van der Waals surface area (Å²) >= 11 is 0. The van der Waals surface area contributed by atoms with Gasteiger partial charge in [-0.25, -0.2) is 0 Å². The molecular weight excluding hydrogens is 544 g/mol. The van der Waals surface area contributed by atoms with Gasteiger partial charge in [-0.1, -0.05) is 0 Å². The Morgan fingerprint density at radius 1 is 0.762 bits per heavy atom. The maximum atomic E-state index is 10.5. The third-order valence-electron chi connectivity index (χ3n) is 0.630. The smallest absolute Gasteiger partial charge is 1.00 e. The summed E-state index contributed by atoms with van der Waals surface area (Å²) in [4.78, 5) is 17.6. The van der Waals surface area contributed by atoms with Crippen LogP contribution in [-0.4, -0.2) is 37.4 Å². The Hall–Kier alpha value is -0.292. The van der Waals surface area contributed by atoms with Gasteiger partial charge in [-0.3, -0.25) is 0 Å². The van der Waals surface area contributed by atoms with Crippen LogP contribution >= 0.6 is 0 Å². The first-order valence-corrected chi connectivity index (χ1v) is 3.77. The molecule has 132 valence electrons. The second kappa shape index (κ2) is 17.8. The molecule has 0 bridgehead atoms. The predicted molar refractivity (Wildman–Crippen MR) is 40.2 cm³/mol. The fourth-order valence-electron chi connectivity index (χ4n) is 0. The normalized spacial score (nSPS) is 8.95. The van der Waals surface area contributed by atoms with Crippen LogP contribution in [-0.2, 0) is 30.7 Å². The van der Waals surface area contributed by atoms with Gasteiger partial charge in [0.25, 0.3) is 0 Å². The fourth-order valence-corrected chi connectivity index (χ4v) is 0. The van der Waals surface area contributed by atoms with E-state index in [-0.39, 0.29) is 45.9 Å². The predicted octanol–water partition coefficient (Wildman–Crippen LogP) is -8.49. The average molecular weight is 552 g/mol. The largest absolute Gasteiger partial charge is 4.00 e. The van der Waals surface area contributed by atoms with Gasteiger partial charge in [0.2, 0.25) is 0 Å². The van der Waals surface area contributed by atoms with Gasteiger partial charge in [-0.15, -0.1) is 0 Å². The van der Waals surface area contributed by atoms with Crippen molar-refractivity contribution in [3.8, 4) is 0 Å². The zero-order valence-corrected chi connectivity index (χ0v) is 13.3. The Balaban J connectivity index is -0.0000000388. The summed E-state index contributed by atoms with van der Waals surface area (Å²) in [5.74, 6) is -6.01. The molecule has 0 amide bonds. The van der Waals surface area contributed by atoms with Gasteiger partial charge in [-0.2, -0.15) is 26.3 Å². The molecule has 15 heteroatoms. The van der Waals surface area contributed by atoms with Crippen LogP contribution in [0.1, 0.15) is 0 Å². The fraction of sp³-hybridized carbons (Fsp3) is 0.667. The van der Waals surface area contributed by atoms with E-state index in [1.807, 2.05) is 0 Å². The summed E-state index contributed by atoms with van der Waals surface area (Å²) in [6.07, 6.45) is -10.4. The van der Waals surface area contributed by atoms with E-state index in [1.165, 1.54) is 0 Å². The van der Waals surface area contributed by atoms with Crippen molar-refractivity contribution in [2.24, 2.45) is 11.5 Å². The molecule has 0 unspecified atom stereocenters. The number of hydrogen-bond donors (Lipinski definition) is 2. The SMILES string of the molecule is NCCN.O=C([O-])C(F)(F)F.O=C([O-])C(F)(F)F.[Cl-].[Cl-].[Pt+4]. The number of carbonyl (C=O) groups excluding carboxylic acids is 2. The minimum atomic E-state index is -5.19. The Kier molecular flexibility index (Phi) is 31.4. The van der Waals surface area contributed by atoms with Crippen LogP contribution < -0.4 is 46.5 Å². The number of aliphatic carboxylic acids is 2. The molecule has 0 fully saturated rings. The van der Waals surface area contributed by atoms with E-state index in [9.17, 15) is 26.3 Å². The Morgan fingerprint density at radius 3 is 0.857 bits per heavy atom. The van der Waals surface area contributed by atoms with Gasteiger partial charge in [0, 0.05) is 13.1 Å². The van der Waals surface area contributed by atoms with Gasteiger partial charge in [-0.05, 0) is 0 Å². The van der Waals surface area contributed by atoms with Crippen molar-refractivity contribution in [2.45, 2.75) is 12.4 Å². The maximum absolute atomic E-state index is 10.5. The minimum absolute atomic E-state index is 0. The number of carboxylic acids is 2. The van der Waals surface area contributed by atoms with Crippen LogP contribution in [0.2, 0.25) is 0 Å². The van der Waals surface area contributed by atoms with Gasteiger partial charge in [0.05, 0.1) is 0 Å². The quantitative estimate of drug-likeness (QED) is 0.311. The van der Waals surface area contributed by atoms with E-state index >= 15 is 0 Å². The molecule has 0 radical (unpaired) electrons. The Morgan fingerprint density at radius 2 is 0.857 bits per heavy atom. The summed E-state index contributed by atoms with van der Waals surface area (Å²) in [6, 6.07) is 0. The van der Waals surface area contributed by atoms with Gasteiger partial charge in [0.15, 0.2) is 0 Å². The van der Waals surface area contributed by atoms with Crippen LogP contribution in [0.4, 0.5) is 26.3 Å². The summed E-state index contributed by atoms with van der Waals surface area (Å²) < 4.78 is 63.1. The first kappa shape index (κ1) is 37.2. The Bertz CT molecular complexity index is 241. The first-order valence-electron chi connectivity index (χ1n) is 3.77. The van der Waals surface area contributed by atoms with Crippen molar-refractivity contribution in [1.29, 1.82) is 0 Å². The van der Waals surface area contributed by atoms with Gasteiger partial charge < -0.3 is 56.1 Å². The van der Waals surface area contributed by atoms with Gasteiger partial charge >= 0.3 is 33.4 Å². The number of carbonyl (C=O) groups is 2. The molecule has 0 saturated heterocycles. The second-order valence-electron chi connectivity index (χ2n) is 2.15. The van der Waals surface area contributed by atoms with Crippen molar-refractivity contribution in [3.05, 3.63) is 0 Å². The molecule has 0 aromatic heterocycles. The monoisotopic (exact) mass is 551 g/mol. The molecule has 0 aromatic rings. The zero-order valence-electron chi connectivity index (χ0n) is 9.54. The number of hydrogen-bond acceptors (Lipinski definition) is 6. The van der Waals surface area contributed by atoms with Crippen LogP contribution in [0.3, 0.4) is 0 Å². The van der Waals surface area contributed by atoms with E-state index in [1.54, 1.807) is 0 Å². The van der Waals surface area contributed by atoms with Crippen LogP contribution in [0.15, 0.2) is 0 Å². The molecule has 0 aliphatic rings. The average Bonchev–Trinajstić information content (AvgIpc) is 2.16. The molecule has 0 heterocycles. The number of rotatable bonds is 1. The number of nitrogens with two attached hydrogens (primary N) is 2. The van der Waals surface area contributed by atoms with Crippen molar-refractivity contribution >= 4 is 11.9 Å². The van der Waals surface area contributed by atoms with E-state index in [0.29, 0.717) is 13.1 Å². The second-order valence-corrected chi connectivity index (χ2v) is 2.15. The molecule has 0 spiro atoms. The van der Waals surface area contributed by atoms with E-state index in [4.69, 9.17) is 31.3 Å². The molecule has 0 aliphatic carbocycles. The number of alkyl halides is 6. The molecule has 0 saturated carbocycles. The third kappa shape index (κ3) is 38.3. The van der Waals surface area contributed by atoms with Crippen molar-refractivity contribution < 1.29 is 92.0 Å². The van der Waals surface area contributed by atoms with Crippen molar-refractivity contribution in [2.75, 3.05) is 13.1 Å². The summed E-state index contributed by atoms with van der Waals surface area (Å²) in [6.45, 7) is 1.19. The molecule has 6 nitrogen and oxygen atoms in total. The summed E-state index contributed by atoms with van der Waals surface area (Å²) in [7, 11) is 0. The van der Waals surface area contributed by atoms with Crippen LogP contribution in [0, 0.1) is 0 Å². The van der Waals surface area contributed by atoms with E-state index in [2.05, 4.69) is 0 Å². The molecule has 0 atom stereocenters. The van der Waals surface area contributed by atoms with Gasteiger partial charge in [0.1, 0.15) is 11.9 Å². The van der Waals surface area contributed by atoms with Crippen LogP contribution in [0.5, 0.6) is 0 Å². The maximum Gasteiger partial charge on any atom is 4.00 e. The minimum Gasteiger partial charge on any atom is -1.00 e. The molecule has 0 rings (SSSR count). The first-order chi connectivity index (χ1) is 7.80. The number of halogens is 8. The molecule has 4 N–H and O–H groups in total. The summed E-state index contributed by atoms with van der Waals surface area (Å²) in [5, 5.41) is 17.6. The van der Waals surface area contributed by atoms with E-state index < -0.39 is 24.3 Å². The van der Waals surface area contributed by atoms with Crippen LogP contribution in [0.25, 0.3) is 0 Å².